The number of para-hydroxylation sites is 2. The second-order valence-corrected chi connectivity index (χ2v) is 15.2. The zero-order chi connectivity index (χ0) is 39.0. The maximum atomic E-state index is 5.45. The third-order valence-electron chi connectivity index (χ3n) is 11.7. The summed E-state index contributed by atoms with van der Waals surface area (Å²) in [5.74, 6) is 0.846. The third kappa shape index (κ3) is 6.37. The van der Waals surface area contributed by atoms with Crippen LogP contribution < -0.4 is 20.7 Å². The maximum Gasteiger partial charge on any atom is 0.160 e. The Hall–Kier alpha value is -7.04. The van der Waals surface area contributed by atoms with Gasteiger partial charge in [0.25, 0.3) is 0 Å². The van der Waals surface area contributed by atoms with E-state index in [-0.39, 0.29) is 0 Å². The number of nitrogens with one attached hydrogen (secondary N) is 1. The number of benzene rings is 7. The summed E-state index contributed by atoms with van der Waals surface area (Å²) in [6.45, 7) is 6.90. The molecule has 0 fully saturated rings. The van der Waals surface area contributed by atoms with Gasteiger partial charge in [0.15, 0.2) is 5.82 Å². The first kappa shape index (κ1) is 35.4. The van der Waals surface area contributed by atoms with Crippen molar-refractivity contribution in [2.75, 3.05) is 16.8 Å². The van der Waals surface area contributed by atoms with Gasteiger partial charge in [-0.3, -0.25) is 0 Å². The standard InChI is InChI=1S/C54H44N4/c1-3-5-16-38-19-9-11-22-43(38)47-35-58(54-53(56-48-25-14-15-26-49(48)57-54)41-28-27-37-18-6-7-21-40(37)33-41)51-34-42(30-31-46(47)51)55-50-32-29-39-20-10-13-24-45(39)52(50)44-23-12-8-17-36(44)4-2/h3,6-28,30-31,33-34,55H,1,4-5,29,32,35H2,2H3/b38-16-,47-43+. The Morgan fingerprint density at radius 3 is 2.28 bits per heavy atom. The average Bonchev–Trinajstić information content (AvgIpc) is 3.66. The first-order chi connectivity index (χ1) is 28.7. The van der Waals surface area contributed by atoms with Crippen molar-refractivity contribution in [3.05, 3.63) is 214 Å². The Bertz CT molecular complexity index is 3060. The fraction of sp³-hybridized carbons (Fsp3) is 0.111. The largest absolute Gasteiger partial charge is 0.358 e. The number of fused-ring (bicyclic) bond motifs is 4. The van der Waals surface area contributed by atoms with E-state index >= 15 is 0 Å². The zero-order valence-corrected chi connectivity index (χ0v) is 32.8. The molecule has 1 aliphatic carbocycles. The van der Waals surface area contributed by atoms with Crippen LogP contribution in [0, 0.1) is 0 Å². The van der Waals surface area contributed by atoms with Gasteiger partial charge in [-0.2, -0.15) is 0 Å². The highest BCUT2D eigenvalue weighted by molar-refractivity contribution is 5.97. The molecule has 280 valence electrons. The van der Waals surface area contributed by atoms with Gasteiger partial charge in [0, 0.05) is 28.1 Å². The van der Waals surface area contributed by atoms with Crippen molar-refractivity contribution in [2.24, 2.45) is 0 Å². The highest BCUT2D eigenvalue weighted by atomic mass is 15.2. The predicted octanol–water partition coefficient (Wildman–Crippen LogP) is 11.5. The van der Waals surface area contributed by atoms with E-state index in [2.05, 4.69) is 175 Å². The van der Waals surface area contributed by atoms with E-state index in [4.69, 9.17) is 9.97 Å². The molecule has 0 amide bonds. The van der Waals surface area contributed by atoms with E-state index in [0.717, 1.165) is 65.2 Å². The van der Waals surface area contributed by atoms with E-state index in [9.17, 15) is 0 Å². The monoisotopic (exact) mass is 748 g/mol. The summed E-state index contributed by atoms with van der Waals surface area (Å²) in [5.41, 5.74) is 16.2. The van der Waals surface area contributed by atoms with Crippen molar-refractivity contribution < 1.29 is 0 Å². The van der Waals surface area contributed by atoms with Crippen LogP contribution in [0.2, 0.25) is 0 Å². The van der Waals surface area contributed by atoms with Gasteiger partial charge < -0.3 is 10.2 Å². The molecule has 0 unspecified atom stereocenters. The molecule has 2 aliphatic rings. The normalized spacial score (nSPS) is 14.8. The molecule has 0 saturated heterocycles. The number of aromatic nitrogens is 2. The average molecular weight is 749 g/mol. The van der Waals surface area contributed by atoms with Gasteiger partial charge in [-0.05, 0) is 105 Å². The number of hydrogen-bond donors (Lipinski definition) is 1. The van der Waals surface area contributed by atoms with E-state index in [1.165, 1.54) is 65.9 Å². The number of anilines is 3. The summed E-state index contributed by atoms with van der Waals surface area (Å²) in [5, 5.41) is 8.81. The lowest BCUT2D eigenvalue weighted by Gasteiger charge is -2.27. The zero-order valence-electron chi connectivity index (χ0n) is 32.8. The van der Waals surface area contributed by atoms with Crippen molar-refractivity contribution in [1.29, 1.82) is 0 Å². The number of rotatable bonds is 8. The molecular weight excluding hydrogens is 705 g/mol. The van der Waals surface area contributed by atoms with Crippen molar-refractivity contribution in [2.45, 2.75) is 32.6 Å². The van der Waals surface area contributed by atoms with Crippen LogP contribution in [0.25, 0.3) is 50.3 Å². The van der Waals surface area contributed by atoms with Gasteiger partial charge in [0.2, 0.25) is 0 Å². The van der Waals surface area contributed by atoms with E-state index < -0.39 is 0 Å². The summed E-state index contributed by atoms with van der Waals surface area (Å²) in [6.07, 6.45) is 7.92. The minimum Gasteiger partial charge on any atom is -0.358 e. The van der Waals surface area contributed by atoms with Crippen LogP contribution in [0.3, 0.4) is 0 Å². The van der Waals surface area contributed by atoms with Gasteiger partial charge in [-0.1, -0.05) is 146 Å². The Morgan fingerprint density at radius 1 is 0.672 bits per heavy atom. The molecule has 4 nitrogen and oxygen atoms in total. The third-order valence-corrected chi connectivity index (χ3v) is 11.7. The molecular formula is C54H44N4. The topological polar surface area (TPSA) is 41.1 Å². The van der Waals surface area contributed by atoms with Crippen LogP contribution in [0.15, 0.2) is 176 Å². The lowest BCUT2D eigenvalue weighted by molar-refractivity contribution is 0.921. The minimum atomic E-state index is 0.649. The molecule has 0 saturated carbocycles. The van der Waals surface area contributed by atoms with Crippen LogP contribution >= 0.6 is 0 Å². The van der Waals surface area contributed by atoms with Gasteiger partial charge in [-0.25, -0.2) is 9.97 Å². The number of nitrogens with zero attached hydrogens (tertiary/aromatic N) is 3. The molecule has 8 aromatic rings. The van der Waals surface area contributed by atoms with Gasteiger partial charge >= 0.3 is 0 Å². The first-order valence-corrected chi connectivity index (χ1v) is 20.4. The number of hydrogen-bond acceptors (Lipinski definition) is 4. The maximum absolute atomic E-state index is 5.45. The second-order valence-electron chi connectivity index (χ2n) is 15.2. The van der Waals surface area contributed by atoms with Crippen molar-refractivity contribution in [3.63, 3.8) is 0 Å². The van der Waals surface area contributed by atoms with Crippen LogP contribution in [-0.4, -0.2) is 16.5 Å². The summed E-state index contributed by atoms with van der Waals surface area (Å²) < 4.78 is 0. The number of aryl methyl sites for hydroxylation is 2. The van der Waals surface area contributed by atoms with Crippen LogP contribution in [0.5, 0.6) is 0 Å². The molecule has 0 spiro atoms. The Kier molecular flexibility index (Phi) is 9.23. The highest BCUT2D eigenvalue weighted by Crippen LogP contribution is 2.45. The molecule has 4 heteroatoms. The SMILES string of the molecule is C=CC/C=c1/cccc/c1=C1/CN(c2nc3ccccc3nc2-c2ccc3ccccc3c2)c2cc(NC3=C(c4ccccc4CC)c4ccccc4CC3)ccc21. The van der Waals surface area contributed by atoms with E-state index in [1.54, 1.807) is 0 Å². The second kappa shape index (κ2) is 15.1. The molecule has 10 rings (SSSR count). The van der Waals surface area contributed by atoms with Crippen molar-refractivity contribution in [3.8, 4) is 11.3 Å². The van der Waals surface area contributed by atoms with E-state index in [0.29, 0.717) is 6.54 Å². The smallest absolute Gasteiger partial charge is 0.160 e. The summed E-state index contributed by atoms with van der Waals surface area (Å²) in [6, 6.07) is 56.8. The van der Waals surface area contributed by atoms with Gasteiger partial charge in [-0.15, -0.1) is 6.58 Å². The van der Waals surface area contributed by atoms with Crippen LogP contribution in [0.4, 0.5) is 17.2 Å². The minimum absolute atomic E-state index is 0.649. The van der Waals surface area contributed by atoms with Gasteiger partial charge in [0.1, 0.15) is 5.69 Å². The molecule has 2 heterocycles. The molecule has 1 aliphatic heterocycles. The highest BCUT2D eigenvalue weighted by Gasteiger charge is 2.30. The van der Waals surface area contributed by atoms with Gasteiger partial charge in [0.05, 0.1) is 23.3 Å². The fourth-order valence-corrected chi connectivity index (χ4v) is 8.91. The Labute approximate surface area is 339 Å². The molecule has 7 aromatic carbocycles. The number of allylic oxidation sites excluding steroid dienone is 2. The molecule has 0 bridgehead atoms. The Morgan fingerprint density at radius 2 is 1.41 bits per heavy atom. The molecule has 58 heavy (non-hydrogen) atoms. The van der Waals surface area contributed by atoms with Crippen molar-refractivity contribution in [1.82, 2.24) is 9.97 Å². The molecule has 1 aromatic heterocycles. The lowest BCUT2D eigenvalue weighted by Crippen LogP contribution is -2.28. The molecule has 0 atom stereocenters. The summed E-state index contributed by atoms with van der Waals surface area (Å²) in [7, 11) is 0. The van der Waals surface area contributed by atoms with Crippen molar-refractivity contribution >= 4 is 56.2 Å². The molecule has 0 radical (unpaired) electrons. The Balaban J connectivity index is 1.19. The first-order valence-electron chi connectivity index (χ1n) is 20.4. The fourth-order valence-electron chi connectivity index (χ4n) is 8.91. The van der Waals surface area contributed by atoms with Crippen LogP contribution in [-0.2, 0) is 12.8 Å². The molecule has 1 N–H and O–H groups in total. The summed E-state index contributed by atoms with van der Waals surface area (Å²) in [4.78, 5) is 13.2. The lowest BCUT2D eigenvalue weighted by atomic mass is 9.83. The quantitative estimate of drug-likeness (QED) is 0.157. The van der Waals surface area contributed by atoms with E-state index in [1.807, 2.05) is 18.2 Å². The summed E-state index contributed by atoms with van der Waals surface area (Å²) >= 11 is 0. The predicted molar refractivity (Wildman–Crippen MR) is 244 cm³/mol. The van der Waals surface area contributed by atoms with Crippen LogP contribution in [0.1, 0.15) is 47.6 Å².